The Morgan fingerprint density at radius 1 is 0.963 bits per heavy atom. The summed E-state index contributed by atoms with van der Waals surface area (Å²) in [7, 11) is 0. The summed E-state index contributed by atoms with van der Waals surface area (Å²) in [6.45, 7) is -0.113. The molecular weight excluding hydrogens is 347 g/mol. The number of hydrogen-bond donors (Lipinski definition) is 1. The number of halogens is 1. The summed E-state index contributed by atoms with van der Waals surface area (Å²) in [5.74, 6) is -1.30. The van der Waals surface area contributed by atoms with Crippen LogP contribution in [0.2, 0.25) is 0 Å². The Kier molecular flexibility index (Phi) is 5.99. The first-order chi connectivity index (χ1) is 13.1. The summed E-state index contributed by atoms with van der Waals surface area (Å²) in [4.78, 5) is 23.8. The zero-order valence-electron chi connectivity index (χ0n) is 14.6. The van der Waals surface area contributed by atoms with Crippen molar-refractivity contribution in [1.82, 2.24) is 9.88 Å². The zero-order valence-corrected chi connectivity index (χ0v) is 14.6. The molecule has 0 fully saturated rings. The molecule has 3 aromatic rings. The van der Waals surface area contributed by atoms with Gasteiger partial charge in [-0.25, -0.2) is 9.18 Å². The highest BCUT2D eigenvalue weighted by atomic mass is 19.1. The van der Waals surface area contributed by atoms with Gasteiger partial charge in [-0.1, -0.05) is 18.2 Å². The number of rotatable bonds is 7. The lowest BCUT2D eigenvalue weighted by Crippen LogP contribution is -2.30. The minimum Gasteiger partial charge on any atom is -0.452 e. The Labute approximate surface area is 156 Å². The largest absolute Gasteiger partial charge is 0.452 e. The SMILES string of the molecule is O=C(COC(=O)c1ccc(-n2cccc2)cc1)NCCc1ccccc1F. The van der Waals surface area contributed by atoms with E-state index in [1.54, 1.807) is 42.5 Å². The van der Waals surface area contributed by atoms with Crippen LogP contribution in [0, 0.1) is 5.82 Å². The number of nitrogens with zero attached hydrogens (tertiary/aromatic N) is 1. The van der Waals surface area contributed by atoms with Gasteiger partial charge in [0.2, 0.25) is 0 Å². The van der Waals surface area contributed by atoms with Crippen LogP contribution in [0.1, 0.15) is 15.9 Å². The molecule has 1 amide bonds. The second kappa shape index (κ2) is 8.80. The topological polar surface area (TPSA) is 60.3 Å². The Morgan fingerprint density at radius 3 is 2.37 bits per heavy atom. The number of aromatic nitrogens is 1. The summed E-state index contributed by atoms with van der Waals surface area (Å²) in [5.41, 5.74) is 1.81. The molecule has 1 N–H and O–H groups in total. The predicted molar refractivity (Wildman–Crippen MR) is 99.2 cm³/mol. The molecule has 0 saturated carbocycles. The van der Waals surface area contributed by atoms with Crippen LogP contribution in [-0.2, 0) is 16.0 Å². The Morgan fingerprint density at radius 2 is 1.67 bits per heavy atom. The van der Waals surface area contributed by atoms with E-state index in [4.69, 9.17) is 4.74 Å². The molecule has 0 bridgehead atoms. The molecule has 138 valence electrons. The van der Waals surface area contributed by atoms with Crippen molar-refractivity contribution in [2.24, 2.45) is 0 Å². The molecule has 27 heavy (non-hydrogen) atoms. The maximum absolute atomic E-state index is 13.5. The maximum atomic E-state index is 13.5. The number of benzene rings is 2. The molecular formula is C21H19FN2O3. The van der Waals surface area contributed by atoms with Gasteiger partial charge in [0.25, 0.3) is 5.91 Å². The molecule has 0 aliphatic rings. The molecule has 0 unspecified atom stereocenters. The summed E-state index contributed by atoms with van der Waals surface area (Å²) in [5, 5.41) is 2.61. The van der Waals surface area contributed by atoms with Gasteiger partial charge in [0.1, 0.15) is 5.82 Å². The van der Waals surface area contributed by atoms with E-state index in [1.807, 2.05) is 29.1 Å². The van der Waals surface area contributed by atoms with E-state index in [-0.39, 0.29) is 19.0 Å². The van der Waals surface area contributed by atoms with E-state index in [1.165, 1.54) is 6.07 Å². The van der Waals surface area contributed by atoms with E-state index in [2.05, 4.69) is 5.32 Å². The number of esters is 1. The quantitative estimate of drug-likeness (QED) is 0.654. The minimum atomic E-state index is -0.571. The molecule has 6 heteroatoms. The lowest BCUT2D eigenvalue weighted by molar-refractivity contribution is -0.124. The Balaban J connectivity index is 1.43. The fraction of sp³-hybridized carbons (Fsp3) is 0.143. The number of ether oxygens (including phenoxy) is 1. The normalized spacial score (nSPS) is 10.4. The van der Waals surface area contributed by atoms with Crippen molar-refractivity contribution in [2.45, 2.75) is 6.42 Å². The van der Waals surface area contributed by atoms with Crippen LogP contribution in [0.15, 0.2) is 73.1 Å². The molecule has 0 atom stereocenters. The summed E-state index contributed by atoms with van der Waals surface area (Å²) < 4.78 is 20.4. The molecule has 1 heterocycles. The molecule has 2 aromatic carbocycles. The number of carbonyl (C=O) groups is 2. The fourth-order valence-electron chi connectivity index (χ4n) is 2.58. The van der Waals surface area contributed by atoms with Crippen molar-refractivity contribution < 1.29 is 18.7 Å². The average Bonchev–Trinajstić information content (AvgIpc) is 3.22. The van der Waals surface area contributed by atoms with Gasteiger partial charge < -0.3 is 14.6 Å². The van der Waals surface area contributed by atoms with Gasteiger partial charge in [0.15, 0.2) is 6.61 Å². The maximum Gasteiger partial charge on any atom is 0.338 e. The first-order valence-corrected chi connectivity index (χ1v) is 8.54. The van der Waals surface area contributed by atoms with Gasteiger partial charge >= 0.3 is 5.97 Å². The Bertz CT molecular complexity index is 905. The van der Waals surface area contributed by atoms with Crippen LogP contribution in [0.25, 0.3) is 5.69 Å². The number of carbonyl (C=O) groups excluding carboxylic acids is 2. The van der Waals surface area contributed by atoms with Crippen LogP contribution in [0.3, 0.4) is 0 Å². The third-order valence-corrected chi connectivity index (χ3v) is 4.01. The lowest BCUT2D eigenvalue weighted by Gasteiger charge is -2.08. The van der Waals surface area contributed by atoms with Gasteiger partial charge in [0, 0.05) is 24.6 Å². The highest BCUT2D eigenvalue weighted by Gasteiger charge is 2.10. The molecule has 0 radical (unpaired) electrons. The van der Waals surface area contributed by atoms with Gasteiger partial charge in [-0.15, -0.1) is 0 Å². The van der Waals surface area contributed by atoms with Crippen LogP contribution < -0.4 is 5.32 Å². The smallest absolute Gasteiger partial charge is 0.338 e. The second-order valence-corrected chi connectivity index (χ2v) is 5.90. The van der Waals surface area contributed by atoms with Gasteiger partial charge in [0.05, 0.1) is 5.56 Å². The molecule has 5 nitrogen and oxygen atoms in total. The average molecular weight is 366 g/mol. The zero-order chi connectivity index (χ0) is 19.1. The Hall–Kier alpha value is -3.41. The number of nitrogens with one attached hydrogen (secondary N) is 1. The standard InChI is InChI=1S/C21H19FN2O3/c22-19-6-2-1-5-16(19)11-12-23-20(25)15-27-21(26)17-7-9-18(10-8-17)24-13-3-4-14-24/h1-10,13-14H,11-12,15H2,(H,23,25). The summed E-state index contributed by atoms with van der Waals surface area (Å²) >= 11 is 0. The van der Waals surface area contributed by atoms with Crippen molar-refractivity contribution in [2.75, 3.05) is 13.2 Å². The second-order valence-electron chi connectivity index (χ2n) is 5.90. The van der Waals surface area contributed by atoms with Crippen molar-refractivity contribution in [3.05, 3.63) is 90.0 Å². The van der Waals surface area contributed by atoms with E-state index in [0.717, 1.165) is 5.69 Å². The fourth-order valence-corrected chi connectivity index (χ4v) is 2.58. The van der Waals surface area contributed by atoms with Crippen molar-refractivity contribution in [1.29, 1.82) is 0 Å². The van der Waals surface area contributed by atoms with Crippen molar-refractivity contribution in [3.8, 4) is 5.69 Å². The van der Waals surface area contributed by atoms with Gasteiger partial charge in [-0.05, 0) is 54.4 Å². The molecule has 3 rings (SSSR count). The first-order valence-electron chi connectivity index (χ1n) is 8.54. The highest BCUT2D eigenvalue weighted by Crippen LogP contribution is 2.11. The van der Waals surface area contributed by atoms with Crippen molar-refractivity contribution >= 4 is 11.9 Å². The van der Waals surface area contributed by atoms with Gasteiger partial charge in [-0.2, -0.15) is 0 Å². The van der Waals surface area contributed by atoms with Crippen molar-refractivity contribution in [3.63, 3.8) is 0 Å². The van der Waals surface area contributed by atoms with E-state index in [9.17, 15) is 14.0 Å². The monoisotopic (exact) mass is 366 g/mol. The van der Waals surface area contributed by atoms with Crippen LogP contribution in [-0.4, -0.2) is 29.6 Å². The molecule has 1 aromatic heterocycles. The van der Waals surface area contributed by atoms with Crippen LogP contribution in [0.5, 0.6) is 0 Å². The van der Waals surface area contributed by atoms with E-state index < -0.39 is 11.9 Å². The van der Waals surface area contributed by atoms with Crippen LogP contribution in [0.4, 0.5) is 4.39 Å². The summed E-state index contributed by atoms with van der Waals surface area (Å²) in [6.07, 6.45) is 4.17. The molecule has 0 spiro atoms. The van der Waals surface area contributed by atoms with E-state index >= 15 is 0 Å². The number of amides is 1. The molecule has 0 aliphatic carbocycles. The first kappa shape index (κ1) is 18.4. The predicted octanol–water partition coefficient (Wildman–Crippen LogP) is 3.13. The summed E-state index contributed by atoms with van der Waals surface area (Å²) in [6, 6.07) is 17.1. The van der Waals surface area contributed by atoms with Crippen LogP contribution >= 0.6 is 0 Å². The van der Waals surface area contributed by atoms with E-state index in [0.29, 0.717) is 17.5 Å². The lowest BCUT2D eigenvalue weighted by atomic mass is 10.1. The highest BCUT2D eigenvalue weighted by molar-refractivity contribution is 5.91. The van der Waals surface area contributed by atoms with Gasteiger partial charge in [-0.3, -0.25) is 4.79 Å². The molecule has 0 aliphatic heterocycles. The third kappa shape index (κ3) is 5.04. The number of hydrogen-bond acceptors (Lipinski definition) is 3. The third-order valence-electron chi connectivity index (χ3n) is 4.01. The minimum absolute atomic E-state index is 0.267. The molecule has 0 saturated heterocycles.